The highest BCUT2D eigenvalue weighted by atomic mass is 16.1. The number of Topliss-reactive ketones (excluding diaryl/α,β-unsaturated/α-hetero) is 1. The predicted octanol–water partition coefficient (Wildman–Crippen LogP) is 6.70. The molecule has 3 saturated carbocycles. The van der Waals surface area contributed by atoms with E-state index in [-0.39, 0.29) is 5.41 Å². The van der Waals surface area contributed by atoms with Crippen molar-refractivity contribution in [3.63, 3.8) is 0 Å². The van der Waals surface area contributed by atoms with Crippen molar-refractivity contribution in [2.24, 2.45) is 34.5 Å². The van der Waals surface area contributed by atoms with Crippen LogP contribution in [0.4, 0.5) is 0 Å². The van der Waals surface area contributed by atoms with Crippen molar-refractivity contribution in [2.45, 2.75) is 65.2 Å². The van der Waals surface area contributed by atoms with Crippen molar-refractivity contribution in [1.29, 1.82) is 0 Å². The van der Waals surface area contributed by atoms with Gasteiger partial charge in [0.1, 0.15) is 5.78 Å². The molecule has 1 aromatic carbocycles. The Balaban J connectivity index is 1.34. The van der Waals surface area contributed by atoms with Crippen molar-refractivity contribution in [3.05, 3.63) is 42.6 Å². The first kappa shape index (κ1) is 18.0. The first-order valence-corrected chi connectivity index (χ1v) is 11.8. The van der Waals surface area contributed by atoms with Gasteiger partial charge in [-0.15, -0.1) is 0 Å². The van der Waals surface area contributed by atoms with Crippen LogP contribution >= 0.6 is 0 Å². The Hall–Kier alpha value is -1.83. The van der Waals surface area contributed by atoms with Gasteiger partial charge in [0.15, 0.2) is 0 Å². The molecule has 0 radical (unpaired) electrons. The van der Waals surface area contributed by atoms with Gasteiger partial charge in [-0.25, -0.2) is 0 Å². The van der Waals surface area contributed by atoms with Crippen LogP contribution in [0.15, 0.2) is 42.6 Å². The molecule has 2 nitrogen and oxygen atoms in total. The van der Waals surface area contributed by atoms with Crippen LogP contribution in [0.5, 0.6) is 0 Å². The van der Waals surface area contributed by atoms with Gasteiger partial charge in [-0.1, -0.05) is 38.1 Å². The van der Waals surface area contributed by atoms with Crippen LogP contribution in [-0.4, -0.2) is 10.4 Å². The number of fused-ring (bicyclic) bond motifs is 6. The highest BCUT2D eigenvalue weighted by Gasteiger charge is 2.58. The highest BCUT2D eigenvalue weighted by molar-refractivity contribution is 5.84. The number of aromatic nitrogens is 1. The van der Waals surface area contributed by atoms with Gasteiger partial charge in [-0.3, -0.25) is 4.79 Å². The van der Waals surface area contributed by atoms with E-state index in [1.54, 1.807) is 5.70 Å². The average Bonchev–Trinajstić information content (AvgIpc) is 3.29. The van der Waals surface area contributed by atoms with Crippen LogP contribution in [0.2, 0.25) is 0 Å². The molecule has 6 atom stereocenters. The van der Waals surface area contributed by atoms with E-state index in [9.17, 15) is 4.79 Å². The number of allylic oxidation sites excluding steroid dienone is 2. The summed E-state index contributed by atoms with van der Waals surface area (Å²) >= 11 is 0. The molecule has 4 aliphatic rings. The molecule has 3 fully saturated rings. The van der Waals surface area contributed by atoms with E-state index in [2.05, 4.69) is 61.0 Å². The summed E-state index contributed by atoms with van der Waals surface area (Å²) in [6.45, 7) is 5.10. The van der Waals surface area contributed by atoms with E-state index in [0.29, 0.717) is 17.1 Å². The number of carbonyl (C=O) groups excluding carboxylic acids is 1. The van der Waals surface area contributed by atoms with E-state index in [1.807, 2.05) is 0 Å². The Morgan fingerprint density at radius 2 is 1.86 bits per heavy atom. The molecule has 3 unspecified atom stereocenters. The molecule has 2 heteroatoms. The maximum Gasteiger partial charge on any atom is 0.133 e. The van der Waals surface area contributed by atoms with E-state index < -0.39 is 0 Å². The number of para-hydroxylation sites is 1. The Morgan fingerprint density at radius 3 is 2.76 bits per heavy atom. The quantitative estimate of drug-likeness (QED) is 0.533. The van der Waals surface area contributed by atoms with Gasteiger partial charge in [0.25, 0.3) is 0 Å². The summed E-state index contributed by atoms with van der Waals surface area (Å²) in [7, 11) is 0. The van der Waals surface area contributed by atoms with Crippen LogP contribution in [0.1, 0.15) is 65.2 Å². The molecule has 0 bridgehead atoms. The lowest BCUT2D eigenvalue weighted by Gasteiger charge is -2.60. The number of hydrogen-bond donors (Lipinski definition) is 0. The molecule has 0 N–H and O–H groups in total. The molecule has 0 aliphatic heterocycles. The SMILES string of the molecule is C[C@]12CCC3C(CC[C@H]4CC(=O)CC[C@]34C)C1CC=C2n1ccc2ccccc21. The van der Waals surface area contributed by atoms with Crippen LogP contribution in [0.25, 0.3) is 16.6 Å². The Labute approximate surface area is 174 Å². The third-order valence-corrected chi connectivity index (χ3v) is 9.88. The minimum Gasteiger partial charge on any atom is -0.320 e. The van der Waals surface area contributed by atoms with Gasteiger partial charge < -0.3 is 4.57 Å². The second-order valence-corrected chi connectivity index (χ2v) is 10.9. The van der Waals surface area contributed by atoms with Gasteiger partial charge in [0.05, 0.1) is 5.52 Å². The van der Waals surface area contributed by atoms with Gasteiger partial charge >= 0.3 is 0 Å². The summed E-state index contributed by atoms with van der Waals surface area (Å²) in [6, 6.07) is 11.1. The molecule has 29 heavy (non-hydrogen) atoms. The van der Waals surface area contributed by atoms with E-state index in [0.717, 1.165) is 37.0 Å². The van der Waals surface area contributed by atoms with Gasteiger partial charge in [0.2, 0.25) is 0 Å². The van der Waals surface area contributed by atoms with Crippen molar-refractivity contribution < 1.29 is 4.79 Å². The number of benzene rings is 1. The zero-order chi connectivity index (χ0) is 19.8. The van der Waals surface area contributed by atoms with Crippen molar-refractivity contribution in [3.8, 4) is 0 Å². The summed E-state index contributed by atoms with van der Waals surface area (Å²) in [5.74, 6) is 3.60. The summed E-state index contributed by atoms with van der Waals surface area (Å²) in [5, 5.41) is 1.34. The Kier molecular flexibility index (Phi) is 3.78. The fraction of sp³-hybridized carbons (Fsp3) is 0.593. The fourth-order valence-electron chi connectivity index (χ4n) is 8.26. The van der Waals surface area contributed by atoms with Crippen molar-refractivity contribution in [1.82, 2.24) is 4.57 Å². The summed E-state index contributed by atoms with van der Waals surface area (Å²) < 4.78 is 2.49. The molecule has 6 rings (SSSR count). The number of ketones is 1. The normalized spacial score (nSPS) is 41.6. The first-order chi connectivity index (χ1) is 14.0. The molecule has 0 amide bonds. The summed E-state index contributed by atoms with van der Waals surface area (Å²) in [5.41, 5.74) is 3.59. The standard InChI is InChI=1S/C27H33NO/c1-26-14-11-20(29)17-19(26)7-8-21-22-9-10-25(27(22,2)15-12-23(21)26)28-16-13-18-5-3-4-6-24(18)28/h3-6,10,13,16,19,21-23H,7-9,11-12,14-15,17H2,1-2H3/t19-,21?,22?,23?,26-,27-/m0/s1. The molecule has 1 heterocycles. The summed E-state index contributed by atoms with van der Waals surface area (Å²) in [4.78, 5) is 12.1. The highest BCUT2D eigenvalue weighted by Crippen LogP contribution is 2.66. The van der Waals surface area contributed by atoms with Crippen molar-refractivity contribution >= 4 is 22.4 Å². The third kappa shape index (κ3) is 2.38. The zero-order valence-corrected chi connectivity index (χ0v) is 17.9. The predicted molar refractivity (Wildman–Crippen MR) is 118 cm³/mol. The van der Waals surface area contributed by atoms with Gasteiger partial charge in [-0.2, -0.15) is 0 Å². The van der Waals surface area contributed by atoms with E-state index >= 15 is 0 Å². The lowest BCUT2D eigenvalue weighted by atomic mass is 9.45. The molecule has 2 aromatic rings. The average molecular weight is 388 g/mol. The van der Waals surface area contributed by atoms with Crippen LogP contribution in [0.3, 0.4) is 0 Å². The van der Waals surface area contributed by atoms with Crippen LogP contribution in [0, 0.1) is 34.5 Å². The first-order valence-electron chi connectivity index (χ1n) is 11.8. The Morgan fingerprint density at radius 1 is 1.00 bits per heavy atom. The van der Waals surface area contributed by atoms with Crippen molar-refractivity contribution in [2.75, 3.05) is 0 Å². The maximum atomic E-state index is 12.1. The van der Waals surface area contributed by atoms with Gasteiger partial charge in [0, 0.05) is 30.2 Å². The molecule has 0 spiro atoms. The molecule has 0 saturated heterocycles. The van der Waals surface area contributed by atoms with E-state index in [4.69, 9.17) is 0 Å². The summed E-state index contributed by atoms with van der Waals surface area (Å²) in [6.07, 6.45) is 14.2. The lowest BCUT2D eigenvalue weighted by molar-refractivity contribution is -0.136. The Bertz CT molecular complexity index is 1010. The number of nitrogens with zero attached hydrogens (tertiary/aromatic N) is 1. The van der Waals surface area contributed by atoms with Gasteiger partial charge in [-0.05, 0) is 85.1 Å². The largest absolute Gasteiger partial charge is 0.320 e. The molecular formula is C27H33NO. The second-order valence-electron chi connectivity index (χ2n) is 10.9. The fourth-order valence-corrected chi connectivity index (χ4v) is 8.26. The number of carbonyl (C=O) groups is 1. The van der Waals surface area contributed by atoms with E-state index in [1.165, 1.54) is 43.0 Å². The minimum absolute atomic E-state index is 0.288. The van der Waals surface area contributed by atoms with Crippen LogP contribution in [-0.2, 0) is 4.79 Å². The molecule has 4 aliphatic carbocycles. The maximum absolute atomic E-state index is 12.1. The topological polar surface area (TPSA) is 22.0 Å². The lowest BCUT2D eigenvalue weighted by Crippen LogP contribution is -2.53. The number of rotatable bonds is 1. The number of hydrogen-bond acceptors (Lipinski definition) is 1. The third-order valence-electron chi connectivity index (χ3n) is 9.88. The minimum atomic E-state index is 0.288. The van der Waals surface area contributed by atoms with Crippen LogP contribution < -0.4 is 0 Å². The smallest absolute Gasteiger partial charge is 0.133 e. The zero-order valence-electron chi connectivity index (χ0n) is 17.9. The second kappa shape index (κ2) is 6.09. The molecule has 1 aromatic heterocycles. The monoisotopic (exact) mass is 387 g/mol. The molecule has 152 valence electrons. The molecular weight excluding hydrogens is 354 g/mol.